The van der Waals surface area contributed by atoms with Gasteiger partial charge in [-0.25, -0.2) is 9.78 Å². The van der Waals surface area contributed by atoms with Gasteiger partial charge in [0.25, 0.3) is 0 Å². The highest BCUT2D eigenvalue weighted by molar-refractivity contribution is 6.30. The Bertz CT molecular complexity index is 846. The molecule has 1 N–H and O–H groups in total. The number of hydrogen-bond donors (Lipinski definition) is 1. The number of H-pyrrole nitrogens is 1. The molecule has 5 nitrogen and oxygen atoms in total. The van der Waals surface area contributed by atoms with E-state index in [2.05, 4.69) is 34.2 Å². The number of imidazole rings is 1. The van der Waals surface area contributed by atoms with Gasteiger partial charge in [-0.05, 0) is 28.8 Å². The van der Waals surface area contributed by atoms with Crippen molar-refractivity contribution in [2.45, 2.75) is 19.4 Å². The SMILES string of the molecule is CN(Cc1ccc(Cl)cc1)C(=O)OCCc1ccc(Cc2c[nH]cn2)cc1. The Morgan fingerprint density at radius 2 is 1.74 bits per heavy atom. The molecule has 0 aliphatic heterocycles. The van der Waals surface area contributed by atoms with Crippen LogP contribution >= 0.6 is 11.6 Å². The highest BCUT2D eigenvalue weighted by atomic mass is 35.5. The Morgan fingerprint density at radius 1 is 1.07 bits per heavy atom. The van der Waals surface area contributed by atoms with Crippen LogP contribution in [0.15, 0.2) is 61.1 Å². The summed E-state index contributed by atoms with van der Waals surface area (Å²) in [6.07, 6.45) is 4.73. The Labute approximate surface area is 164 Å². The van der Waals surface area contributed by atoms with Crippen LogP contribution in [0.4, 0.5) is 4.79 Å². The minimum absolute atomic E-state index is 0.333. The van der Waals surface area contributed by atoms with Gasteiger partial charge in [-0.15, -0.1) is 0 Å². The maximum Gasteiger partial charge on any atom is 0.409 e. The van der Waals surface area contributed by atoms with E-state index in [1.165, 1.54) is 5.56 Å². The lowest BCUT2D eigenvalue weighted by Crippen LogP contribution is -2.27. The molecule has 3 rings (SSSR count). The molecule has 140 valence electrons. The average molecular weight is 384 g/mol. The van der Waals surface area contributed by atoms with Crippen molar-refractivity contribution < 1.29 is 9.53 Å². The van der Waals surface area contributed by atoms with E-state index >= 15 is 0 Å². The lowest BCUT2D eigenvalue weighted by Gasteiger charge is -2.17. The van der Waals surface area contributed by atoms with E-state index in [0.717, 1.165) is 23.2 Å². The number of benzene rings is 2. The summed E-state index contributed by atoms with van der Waals surface area (Å²) in [6.45, 7) is 0.834. The zero-order valence-electron chi connectivity index (χ0n) is 15.2. The van der Waals surface area contributed by atoms with E-state index in [0.29, 0.717) is 24.6 Å². The minimum atomic E-state index is -0.333. The molecule has 2 aromatic carbocycles. The van der Waals surface area contributed by atoms with Gasteiger partial charge in [0.05, 0.1) is 18.6 Å². The van der Waals surface area contributed by atoms with Gasteiger partial charge in [0, 0.05) is 37.7 Å². The monoisotopic (exact) mass is 383 g/mol. The molecule has 0 unspecified atom stereocenters. The summed E-state index contributed by atoms with van der Waals surface area (Å²) in [5.41, 5.74) is 4.35. The predicted molar refractivity (Wildman–Crippen MR) is 106 cm³/mol. The summed E-state index contributed by atoms with van der Waals surface area (Å²) < 4.78 is 5.37. The number of amides is 1. The van der Waals surface area contributed by atoms with Gasteiger partial charge >= 0.3 is 6.09 Å². The Morgan fingerprint density at radius 3 is 2.41 bits per heavy atom. The topological polar surface area (TPSA) is 58.2 Å². The second-order valence-corrected chi connectivity index (χ2v) is 6.84. The summed E-state index contributed by atoms with van der Waals surface area (Å²) in [7, 11) is 1.72. The van der Waals surface area contributed by atoms with E-state index in [1.807, 2.05) is 30.5 Å². The number of hydrogen-bond acceptors (Lipinski definition) is 3. The van der Waals surface area contributed by atoms with E-state index in [-0.39, 0.29) is 6.09 Å². The number of ether oxygens (including phenoxy) is 1. The number of halogens is 1. The van der Waals surface area contributed by atoms with Gasteiger partial charge in [0.15, 0.2) is 0 Å². The third-order valence-electron chi connectivity index (χ3n) is 4.22. The summed E-state index contributed by atoms with van der Waals surface area (Å²) in [5, 5.41) is 0.680. The molecule has 1 aromatic heterocycles. The van der Waals surface area contributed by atoms with E-state index in [9.17, 15) is 4.79 Å². The van der Waals surface area contributed by atoms with Crippen molar-refractivity contribution >= 4 is 17.7 Å². The number of nitrogens with one attached hydrogen (secondary N) is 1. The number of nitrogens with zero attached hydrogens (tertiary/aromatic N) is 2. The maximum atomic E-state index is 12.1. The van der Waals surface area contributed by atoms with Gasteiger partial charge < -0.3 is 14.6 Å². The third-order valence-corrected chi connectivity index (χ3v) is 4.48. The molecule has 0 spiro atoms. The minimum Gasteiger partial charge on any atom is -0.449 e. The van der Waals surface area contributed by atoms with Gasteiger partial charge in [0.2, 0.25) is 0 Å². The summed E-state index contributed by atoms with van der Waals surface area (Å²) in [6, 6.07) is 15.7. The van der Waals surface area contributed by atoms with Crippen LogP contribution in [0.1, 0.15) is 22.4 Å². The molecule has 1 amide bonds. The summed E-state index contributed by atoms with van der Waals surface area (Å²) >= 11 is 5.87. The van der Waals surface area contributed by atoms with E-state index < -0.39 is 0 Å². The van der Waals surface area contributed by atoms with Crippen LogP contribution in [-0.4, -0.2) is 34.6 Å². The van der Waals surface area contributed by atoms with Crippen molar-refractivity contribution in [2.75, 3.05) is 13.7 Å². The van der Waals surface area contributed by atoms with Crippen LogP contribution in [0.2, 0.25) is 5.02 Å². The maximum absolute atomic E-state index is 12.1. The molecule has 27 heavy (non-hydrogen) atoms. The molecule has 0 saturated heterocycles. The van der Waals surface area contributed by atoms with Crippen LogP contribution in [0.25, 0.3) is 0 Å². The first-order valence-corrected chi connectivity index (χ1v) is 9.16. The first-order chi connectivity index (χ1) is 13.1. The highest BCUT2D eigenvalue weighted by Gasteiger charge is 2.10. The Kier molecular flexibility index (Phi) is 6.49. The van der Waals surface area contributed by atoms with Crippen molar-refractivity contribution in [2.24, 2.45) is 0 Å². The van der Waals surface area contributed by atoms with Gasteiger partial charge in [-0.3, -0.25) is 0 Å². The second kappa shape index (κ2) is 9.24. The van der Waals surface area contributed by atoms with Crippen LogP contribution in [0.5, 0.6) is 0 Å². The number of carbonyl (C=O) groups excluding carboxylic acids is 1. The first-order valence-electron chi connectivity index (χ1n) is 8.78. The number of aromatic nitrogens is 2. The standard InChI is InChI=1S/C21H22ClN3O2/c1-25(14-18-6-8-19(22)9-7-18)21(26)27-11-10-16-2-4-17(5-3-16)12-20-13-23-15-24-20/h2-9,13,15H,10-12,14H2,1H3,(H,23,24). The normalized spacial score (nSPS) is 10.6. The molecule has 3 aromatic rings. The smallest absolute Gasteiger partial charge is 0.409 e. The molecule has 0 bridgehead atoms. The number of rotatable bonds is 7. The lowest BCUT2D eigenvalue weighted by molar-refractivity contribution is 0.110. The van der Waals surface area contributed by atoms with Crippen molar-refractivity contribution in [3.63, 3.8) is 0 Å². The fourth-order valence-electron chi connectivity index (χ4n) is 2.72. The van der Waals surface area contributed by atoms with Crippen molar-refractivity contribution in [3.05, 3.63) is 88.5 Å². The lowest BCUT2D eigenvalue weighted by atomic mass is 10.1. The molecule has 0 atom stereocenters. The molecule has 6 heteroatoms. The van der Waals surface area contributed by atoms with Gasteiger partial charge in [-0.2, -0.15) is 0 Å². The van der Waals surface area contributed by atoms with E-state index in [1.54, 1.807) is 18.3 Å². The highest BCUT2D eigenvalue weighted by Crippen LogP contribution is 2.12. The Hall–Kier alpha value is -2.79. The number of carbonyl (C=O) groups is 1. The molecule has 0 radical (unpaired) electrons. The van der Waals surface area contributed by atoms with Crippen molar-refractivity contribution in [1.29, 1.82) is 0 Å². The second-order valence-electron chi connectivity index (χ2n) is 6.40. The molecule has 0 aliphatic carbocycles. The molecular formula is C21H22ClN3O2. The zero-order valence-corrected chi connectivity index (χ0v) is 15.9. The van der Waals surface area contributed by atoms with Crippen LogP contribution < -0.4 is 0 Å². The third kappa shape index (κ3) is 5.86. The molecular weight excluding hydrogens is 362 g/mol. The van der Waals surface area contributed by atoms with Crippen LogP contribution in [0.3, 0.4) is 0 Å². The van der Waals surface area contributed by atoms with Crippen molar-refractivity contribution in [1.82, 2.24) is 14.9 Å². The average Bonchev–Trinajstić information content (AvgIpc) is 3.18. The zero-order chi connectivity index (χ0) is 19.1. The molecule has 0 fully saturated rings. The Balaban J connectivity index is 1.41. The summed E-state index contributed by atoms with van der Waals surface area (Å²) in [5.74, 6) is 0. The van der Waals surface area contributed by atoms with Crippen LogP contribution in [0, 0.1) is 0 Å². The summed E-state index contributed by atoms with van der Waals surface area (Å²) in [4.78, 5) is 20.8. The molecule has 1 heterocycles. The quantitative estimate of drug-likeness (QED) is 0.655. The van der Waals surface area contributed by atoms with Gasteiger partial charge in [0.1, 0.15) is 0 Å². The molecule has 0 saturated carbocycles. The largest absolute Gasteiger partial charge is 0.449 e. The van der Waals surface area contributed by atoms with E-state index in [4.69, 9.17) is 16.3 Å². The number of aromatic amines is 1. The molecule has 0 aliphatic rings. The predicted octanol–water partition coefficient (Wildman–Crippen LogP) is 4.47. The first kappa shape index (κ1) is 19.0. The van der Waals surface area contributed by atoms with Crippen LogP contribution in [-0.2, 0) is 24.1 Å². The van der Waals surface area contributed by atoms with Gasteiger partial charge in [-0.1, -0.05) is 48.0 Å². The fraction of sp³-hybridized carbons (Fsp3) is 0.238. The fourth-order valence-corrected chi connectivity index (χ4v) is 2.84. The van der Waals surface area contributed by atoms with Crippen molar-refractivity contribution in [3.8, 4) is 0 Å².